The van der Waals surface area contributed by atoms with Crippen LogP contribution in [-0.2, 0) is 25.7 Å². The molecule has 5 atom stereocenters. The summed E-state index contributed by atoms with van der Waals surface area (Å²) in [6, 6.07) is 4.18. The van der Waals surface area contributed by atoms with E-state index in [1.165, 1.54) is 28.0 Å². The van der Waals surface area contributed by atoms with Crippen LogP contribution >= 0.6 is 11.6 Å². The van der Waals surface area contributed by atoms with Gasteiger partial charge in [0, 0.05) is 25.6 Å². The summed E-state index contributed by atoms with van der Waals surface area (Å²) < 4.78 is 13.6. The van der Waals surface area contributed by atoms with Crippen LogP contribution in [0, 0.1) is 23.6 Å². The molecule has 190 valence electrons. The van der Waals surface area contributed by atoms with Crippen molar-refractivity contribution >= 4 is 35.1 Å². The molecule has 8 nitrogen and oxygen atoms in total. The van der Waals surface area contributed by atoms with E-state index in [4.69, 9.17) is 11.6 Å². The van der Waals surface area contributed by atoms with Gasteiger partial charge in [-0.2, -0.15) is 0 Å². The number of piperidine rings is 1. The number of hydrogen-bond acceptors (Lipinski definition) is 5. The van der Waals surface area contributed by atoms with Gasteiger partial charge in [-0.1, -0.05) is 17.7 Å². The Morgan fingerprint density at radius 1 is 1.22 bits per heavy atom. The summed E-state index contributed by atoms with van der Waals surface area (Å²) >= 11 is 5.88. The molecule has 1 aromatic rings. The number of nitrogens with zero attached hydrogens (tertiary/aromatic N) is 3. The largest absolute Gasteiger partial charge is 0.393 e. The van der Waals surface area contributed by atoms with Crippen LogP contribution in [0.2, 0.25) is 5.02 Å². The van der Waals surface area contributed by atoms with Gasteiger partial charge in [-0.3, -0.25) is 24.1 Å². The van der Waals surface area contributed by atoms with Crippen LogP contribution in [0.3, 0.4) is 0 Å². The molecule has 2 aliphatic carbocycles. The molecular weight excluding hydrogens is 489 g/mol. The molecule has 4 fully saturated rings. The Morgan fingerprint density at radius 3 is 2.64 bits per heavy atom. The third kappa shape index (κ3) is 3.21. The predicted molar refractivity (Wildman–Crippen MR) is 125 cm³/mol. The maximum Gasteiger partial charge on any atom is 0.297 e. The lowest BCUT2D eigenvalue weighted by molar-refractivity contribution is -0.157. The number of aliphatic hydroxyl groups is 1. The molecule has 2 saturated heterocycles. The van der Waals surface area contributed by atoms with Crippen LogP contribution in [0.15, 0.2) is 29.5 Å². The molecule has 1 N–H and O–H groups in total. The first-order chi connectivity index (χ1) is 17.1. The third-order valence-electron chi connectivity index (χ3n) is 8.59. The van der Waals surface area contributed by atoms with E-state index >= 15 is 0 Å². The number of likely N-dealkylation sites (tertiary alicyclic amines) is 1. The topological polar surface area (TPSA) is 98.2 Å². The van der Waals surface area contributed by atoms with E-state index in [0.717, 1.165) is 12.8 Å². The van der Waals surface area contributed by atoms with Crippen molar-refractivity contribution in [3.8, 4) is 0 Å². The van der Waals surface area contributed by atoms with E-state index in [9.17, 15) is 28.7 Å². The standard InChI is InChI=1S/C26H27ClFN3O5/c1-13(32)5-9-30-24(35)21-16-6-8-29(12-14-2-3-19(28)18(27)10-14)23(34)20(16)22(33)25(36)31(21)26(30)7-4-15-11-17(15)26/h2-3,10,13,15,17,20,32H,4-9,11-12H2,1H3/t13?,15-,17+,20?,26+/m0/s1. The van der Waals surface area contributed by atoms with Crippen molar-refractivity contribution in [1.29, 1.82) is 0 Å². The SMILES string of the molecule is CC(O)CCN1C(=O)C2=C3CCN(Cc4ccc(F)c(Cl)c4)C(=O)C3C(=O)C(=O)N2[C@@]12CC[C@H]1C[C@H]12. The Hall–Kier alpha value is -2.78. The first-order valence-electron chi connectivity index (χ1n) is 12.5. The van der Waals surface area contributed by atoms with E-state index in [1.807, 2.05) is 0 Å². The summed E-state index contributed by atoms with van der Waals surface area (Å²) in [4.78, 5) is 59.0. The quantitative estimate of drug-likeness (QED) is 0.479. The highest BCUT2D eigenvalue weighted by atomic mass is 35.5. The molecule has 36 heavy (non-hydrogen) atoms. The number of halogens is 2. The molecular formula is C26H27ClFN3O5. The summed E-state index contributed by atoms with van der Waals surface area (Å²) in [5.41, 5.74) is 0.349. The lowest BCUT2D eigenvalue weighted by Gasteiger charge is -2.44. The smallest absolute Gasteiger partial charge is 0.297 e. The van der Waals surface area contributed by atoms with Gasteiger partial charge in [0.1, 0.15) is 23.1 Å². The van der Waals surface area contributed by atoms with E-state index in [-0.39, 0.29) is 48.6 Å². The van der Waals surface area contributed by atoms with Crippen molar-refractivity contribution in [2.24, 2.45) is 17.8 Å². The van der Waals surface area contributed by atoms with Gasteiger partial charge in [0.15, 0.2) is 0 Å². The van der Waals surface area contributed by atoms with E-state index in [0.29, 0.717) is 29.9 Å². The van der Waals surface area contributed by atoms with Crippen LogP contribution in [0.1, 0.15) is 44.6 Å². The minimum atomic E-state index is -1.32. The van der Waals surface area contributed by atoms with Gasteiger partial charge in [-0.15, -0.1) is 0 Å². The highest BCUT2D eigenvalue weighted by Gasteiger charge is 2.72. The van der Waals surface area contributed by atoms with Crippen LogP contribution in [0.4, 0.5) is 4.39 Å². The van der Waals surface area contributed by atoms with Crippen LogP contribution < -0.4 is 0 Å². The van der Waals surface area contributed by atoms with Crippen molar-refractivity contribution in [2.45, 2.75) is 57.3 Å². The highest BCUT2D eigenvalue weighted by Crippen LogP contribution is 2.64. The molecule has 6 rings (SSSR count). The minimum absolute atomic E-state index is 0.0617. The molecule has 10 heteroatoms. The number of ketones is 1. The summed E-state index contributed by atoms with van der Waals surface area (Å²) in [6.07, 6.45) is 2.40. The van der Waals surface area contributed by atoms with Gasteiger partial charge in [-0.25, -0.2) is 4.39 Å². The number of fused-ring (bicyclic) bond motifs is 5. The zero-order valence-corrected chi connectivity index (χ0v) is 20.6. The van der Waals surface area contributed by atoms with Gasteiger partial charge in [-0.05, 0) is 68.2 Å². The average Bonchev–Trinajstić information content (AvgIpc) is 3.47. The first-order valence-corrected chi connectivity index (χ1v) is 12.9. The number of aliphatic hydroxyl groups excluding tert-OH is 1. The zero-order chi connectivity index (χ0) is 25.5. The molecule has 0 radical (unpaired) electrons. The van der Waals surface area contributed by atoms with E-state index in [1.54, 1.807) is 11.8 Å². The number of benzene rings is 1. The Labute approximate surface area is 212 Å². The average molecular weight is 516 g/mol. The summed E-state index contributed by atoms with van der Waals surface area (Å²) in [5, 5.41) is 9.84. The minimum Gasteiger partial charge on any atom is -0.393 e. The van der Waals surface area contributed by atoms with Crippen molar-refractivity contribution in [3.05, 3.63) is 45.9 Å². The molecule has 3 heterocycles. The second-order valence-electron chi connectivity index (χ2n) is 10.7. The number of carbonyl (C=O) groups excluding carboxylic acids is 4. The fourth-order valence-electron chi connectivity index (χ4n) is 6.83. The van der Waals surface area contributed by atoms with Gasteiger partial charge in [0.25, 0.3) is 11.8 Å². The van der Waals surface area contributed by atoms with Crippen molar-refractivity contribution in [1.82, 2.24) is 14.7 Å². The Morgan fingerprint density at radius 2 is 2.00 bits per heavy atom. The molecule has 3 amide bonds. The Kier molecular flexibility index (Phi) is 5.32. The maximum absolute atomic E-state index is 13.8. The van der Waals surface area contributed by atoms with E-state index < -0.39 is 41.1 Å². The fourth-order valence-corrected chi connectivity index (χ4v) is 7.03. The first kappa shape index (κ1) is 23.6. The Balaban J connectivity index is 1.37. The van der Waals surface area contributed by atoms with Gasteiger partial charge >= 0.3 is 0 Å². The third-order valence-corrected chi connectivity index (χ3v) is 8.88. The van der Waals surface area contributed by atoms with Crippen LogP contribution in [0.25, 0.3) is 0 Å². The highest BCUT2D eigenvalue weighted by molar-refractivity contribution is 6.44. The molecule has 1 aromatic carbocycles. The summed E-state index contributed by atoms with van der Waals surface area (Å²) in [7, 11) is 0. The maximum atomic E-state index is 13.8. The molecule has 3 aliphatic heterocycles. The number of hydrogen-bond donors (Lipinski definition) is 1. The van der Waals surface area contributed by atoms with Crippen LogP contribution in [-0.4, -0.2) is 68.2 Å². The number of Topliss-reactive ketones (excluding diaryl/α,β-unsaturated/α-hetero) is 1. The van der Waals surface area contributed by atoms with Crippen LogP contribution in [0.5, 0.6) is 0 Å². The molecule has 2 unspecified atom stereocenters. The second kappa shape index (κ2) is 8.11. The monoisotopic (exact) mass is 515 g/mol. The van der Waals surface area contributed by atoms with Crippen molar-refractivity contribution in [3.63, 3.8) is 0 Å². The van der Waals surface area contributed by atoms with Crippen molar-refractivity contribution in [2.75, 3.05) is 13.1 Å². The van der Waals surface area contributed by atoms with E-state index in [2.05, 4.69) is 0 Å². The molecule has 2 saturated carbocycles. The molecule has 0 bridgehead atoms. The van der Waals surface area contributed by atoms with Crippen molar-refractivity contribution < 1.29 is 28.7 Å². The molecule has 1 spiro atoms. The Bertz CT molecular complexity index is 1250. The summed E-state index contributed by atoms with van der Waals surface area (Å²) in [6.45, 7) is 2.32. The number of carbonyl (C=O) groups is 4. The fraction of sp³-hybridized carbons (Fsp3) is 0.538. The normalized spacial score (nSPS) is 31.9. The zero-order valence-electron chi connectivity index (χ0n) is 19.9. The van der Waals surface area contributed by atoms with Gasteiger partial charge in [0.05, 0.1) is 11.1 Å². The summed E-state index contributed by atoms with van der Waals surface area (Å²) in [5.74, 6) is -3.79. The van der Waals surface area contributed by atoms with Gasteiger partial charge in [0.2, 0.25) is 11.7 Å². The lowest BCUT2D eigenvalue weighted by Crippen LogP contribution is -2.61. The number of rotatable bonds is 5. The second-order valence-corrected chi connectivity index (χ2v) is 11.1. The predicted octanol–water partition coefficient (Wildman–Crippen LogP) is 2.23. The molecule has 0 aromatic heterocycles. The lowest BCUT2D eigenvalue weighted by atomic mass is 9.81. The van der Waals surface area contributed by atoms with Gasteiger partial charge < -0.3 is 14.9 Å². The molecule has 5 aliphatic rings. The number of amides is 3.